The normalized spacial score (nSPS) is 18.0. The van der Waals surface area contributed by atoms with Crippen LogP contribution < -0.4 is 11.0 Å². The van der Waals surface area contributed by atoms with Crippen LogP contribution in [0.15, 0.2) is 60.7 Å². The van der Waals surface area contributed by atoms with Crippen molar-refractivity contribution >= 4 is 23.8 Å². The number of rotatable bonds is 4. The lowest BCUT2D eigenvalue weighted by Crippen LogP contribution is -2.44. The van der Waals surface area contributed by atoms with Crippen molar-refractivity contribution in [3.63, 3.8) is 0 Å². The van der Waals surface area contributed by atoms with Crippen molar-refractivity contribution in [2.75, 3.05) is 0 Å². The fraction of sp³-hybridized carbons (Fsp3) is 0.273. The number of hydrogen-bond donors (Lipinski definition) is 2. The van der Waals surface area contributed by atoms with E-state index >= 15 is 0 Å². The number of hydroxylamine groups is 2. The molecule has 0 radical (unpaired) electrons. The van der Waals surface area contributed by atoms with Crippen LogP contribution in [0.5, 0.6) is 0 Å². The Balaban J connectivity index is 1.54. The fourth-order valence-electron chi connectivity index (χ4n) is 3.37. The maximum atomic E-state index is 12.5. The second-order valence-electron chi connectivity index (χ2n) is 6.94. The van der Waals surface area contributed by atoms with Crippen LogP contribution in [-0.2, 0) is 19.3 Å². The van der Waals surface area contributed by atoms with Gasteiger partial charge in [0.1, 0.15) is 0 Å². The van der Waals surface area contributed by atoms with Gasteiger partial charge in [0.2, 0.25) is 0 Å². The van der Waals surface area contributed by atoms with Gasteiger partial charge in [0, 0.05) is 0 Å². The molecule has 1 aliphatic carbocycles. The molecule has 0 aliphatic heterocycles. The summed E-state index contributed by atoms with van der Waals surface area (Å²) in [5, 5.41) is 0. The number of carbonyl (C=O) groups is 4. The molecule has 0 heterocycles. The molecular formula is C22H22N2O6. The molecule has 2 aromatic carbocycles. The van der Waals surface area contributed by atoms with E-state index in [2.05, 4.69) is 11.0 Å². The Morgan fingerprint density at radius 3 is 1.37 bits per heavy atom. The van der Waals surface area contributed by atoms with Crippen molar-refractivity contribution in [2.45, 2.75) is 25.7 Å². The lowest BCUT2D eigenvalue weighted by atomic mass is 9.78. The molecule has 0 saturated heterocycles. The Morgan fingerprint density at radius 1 is 0.633 bits per heavy atom. The summed E-state index contributed by atoms with van der Waals surface area (Å²) in [5.41, 5.74) is 4.89. The molecule has 0 spiro atoms. The predicted octanol–water partition coefficient (Wildman–Crippen LogP) is 2.57. The third-order valence-electron chi connectivity index (χ3n) is 4.95. The van der Waals surface area contributed by atoms with E-state index in [1.165, 1.54) is 0 Å². The van der Waals surface area contributed by atoms with E-state index in [1.54, 1.807) is 60.7 Å². The standard InChI is InChI=1S/C22H22N2O6/c25-19(23-29-21(27)15-9-3-1-4-10-15)17-13-7-8-14-18(17)20(26)24-30-22(28)16-11-5-2-6-12-16/h1-6,9-12,17-18H,7-8,13-14H2,(H,23,25)(H,24,26)/t17-,18+. The molecule has 2 atom stereocenters. The largest absolute Gasteiger partial charge is 0.362 e. The third-order valence-corrected chi connectivity index (χ3v) is 4.95. The molecule has 1 saturated carbocycles. The van der Waals surface area contributed by atoms with Gasteiger partial charge in [0.15, 0.2) is 0 Å². The first-order valence-electron chi connectivity index (χ1n) is 9.68. The summed E-state index contributed by atoms with van der Waals surface area (Å²) in [7, 11) is 0. The van der Waals surface area contributed by atoms with Crippen LogP contribution in [0, 0.1) is 11.8 Å². The molecule has 2 N–H and O–H groups in total. The third kappa shape index (κ3) is 5.44. The van der Waals surface area contributed by atoms with Gasteiger partial charge < -0.3 is 9.68 Å². The van der Waals surface area contributed by atoms with Gasteiger partial charge >= 0.3 is 11.9 Å². The highest BCUT2D eigenvalue weighted by molar-refractivity contribution is 5.93. The van der Waals surface area contributed by atoms with Gasteiger partial charge in [0.25, 0.3) is 11.8 Å². The molecule has 2 aromatic rings. The molecule has 0 unspecified atom stereocenters. The Labute approximate surface area is 173 Å². The maximum Gasteiger partial charge on any atom is 0.362 e. The van der Waals surface area contributed by atoms with Gasteiger partial charge in [-0.15, -0.1) is 0 Å². The summed E-state index contributed by atoms with van der Waals surface area (Å²) in [6.45, 7) is 0. The smallest absolute Gasteiger partial charge is 0.335 e. The highest BCUT2D eigenvalue weighted by Gasteiger charge is 2.37. The van der Waals surface area contributed by atoms with Crippen LogP contribution in [0.3, 0.4) is 0 Å². The second-order valence-corrected chi connectivity index (χ2v) is 6.94. The molecule has 2 amide bonds. The molecule has 0 aromatic heterocycles. The number of amides is 2. The summed E-state index contributed by atoms with van der Waals surface area (Å²) in [4.78, 5) is 58.8. The van der Waals surface area contributed by atoms with Crippen LogP contribution in [-0.4, -0.2) is 23.8 Å². The molecule has 156 valence electrons. The van der Waals surface area contributed by atoms with Crippen molar-refractivity contribution < 1.29 is 28.9 Å². The van der Waals surface area contributed by atoms with Gasteiger partial charge in [-0.1, -0.05) is 49.2 Å². The van der Waals surface area contributed by atoms with E-state index in [0.29, 0.717) is 24.0 Å². The Kier molecular flexibility index (Phi) is 7.15. The van der Waals surface area contributed by atoms with Crippen LogP contribution in [0.4, 0.5) is 0 Å². The first kappa shape index (κ1) is 21.0. The van der Waals surface area contributed by atoms with Crippen molar-refractivity contribution in [1.29, 1.82) is 0 Å². The van der Waals surface area contributed by atoms with E-state index in [4.69, 9.17) is 9.68 Å². The summed E-state index contributed by atoms with van der Waals surface area (Å²) < 4.78 is 0. The van der Waals surface area contributed by atoms with Crippen molar-refractivity contribution in [1.82, 2.24) is 11.0 Å². The first-order valence-corrected chi connectivity index (χ1v) is 9.68. The van der Waals surface area contributed by atoms with Crippen molar-refractivity contribution in [2.24, 2.45) is 11.8 Å². The number of nitrogens with one attached hydrogen (secondary N) is 2. The molecule has 8 heteroatoms. The Morgan fingerprint density at radius 2 is 1.00 bits per heavy atom. The average Bonchev–Trinajstić information content (AvgIpc) is 2.81. The van der Waals surface area contributed by atoms with Crippen LogP contribution >= 0.6 is 0 Å². The van der Waals surface area contributed by atoms with E-state index in [0.717, 1.165) is 12.8 Å². The number of benzene rings is 2. The van der Waals surface area contributed by atoms with E-state index in [1.807, 2.05) is 0 Å². The van der Waals surface area contributed by atoms with Gasteiger partial charge in [0.05, 0.1) is 23.0 Å². The topological polar surface area (TPSA) is 111 Å². The second kappa shape index (κ2) is 10.2. The minimum atomic E-state index is -0.697. The molecule has 1 fully saturated rings. The Hall–Kier alpha value is -3.68. The molecule has 8 nitrogen and oxygen atoms in total. The van der Waals surface area contributed by atoms with Gasteiger partial charge in [-0.2, -0.15) is 11.0 Å². The lowest BCUT2D eigenvalue weighted by molar-refractivity contribution is -0.146. The maximum absolute atomic E-state index is 12.5. The number of carbonyl (C=O) groups excluding carboxylic acids is 4. The van der Waals surface area contributed by atoms with E-state index < -0.39 is 35.6 Å². The zero-order valence-corrected chi connectivity index (χ0v) is 16.2. The van der Waals surface area contributed by atoms with Crippen LogP contribution in [0.2, 0.25) is 0 Å². The zero-order chi connectivity index (χ0) is 21.3. The van der Waals surface area contributed by atoms with Crippen LogP contribution in [0.25, 0.3) is 0 Å². The molecular weight excluding hydrogens is 388 g/mol. The minimum absolute atomic E-state index is 0.295. The monoisotopic (exact) mass is 410 g/mol. The molecule has 1 aliphatic rings. The summed E-state index contributed by atoms with van der Waals surface area (Å²) in [6, 6.07) is 16.5. The van der Waals surface area contributed by atoms with Gasteiger partial charge in [-0.25, -0.2) is 9.59 Å². The summed E-state index contributed by atoms with van der Waals surface area (Å²) in [6.07, 6.45) is 2.44. The molecule has 0 bridgehead atoms. The highest BCUT2D eigenvalue weighted by Crippen LogP contribution is 2.30. The van der Waals surface area contributed by atoms with E-state index in [-0.39, 0.29) is 0 Å². The number of hydrogen-bond acceptors (Lipinski definition) is 6. The SMILES string of the molecule is O=C(ONC(=O)[C@H]1CCCC[C@H]1C(=O)NOC(=O)c1ccccc1)c1ccccc1. The quantitative estimate of drug-likeness (QED) is 0.750. The van der Waals surface area contributed by atoms with Crippen LogP contribution in [0.1, 0.15) is 46.4 Å². The average molecular weight is 410 g/mol. The fourth-order valence-corrected chi connectivity index (χ4v) is 3.37. The van der Waals surface area contributed by atoms with Gasteiger partial charge in [-0.05, 0) is 37.1 Å². The van der Waals surface area contributed by atoms with Gasteiger partial charge in [-0.3, -0.25) is 9.59 Å². The minimum Gasteiger partial charge on any atom is -0.335 e. The Bertz CT molecular complexity index is 825. The molecule has 30 heavy (non-hydrogen) atoms. The summed E-state index contributed by atoms with van der Waals surface area (Å²) in [5.74, 6) is -3.91. The summed E-state index contributed by atoms with van der Waals surface area (Å²) >= 11 is 0. The first-order chi connectivity index (χ1) is 14.6. The molecule has 3 rings (SSSR count). The van der Waals surface area contributed by atoms with Crippen molar-refractivity contribution in [3.05, 3.63) is 71.8 Å². The highest BCUT2D eigenvalue weighted by atomic mass is 16.7. The van der Waals surface area contributed by atoms with E-state index in [9.17, 15) is 19.2 Å². The predicted molar refractivity (Wildman–Crippen MR) is 105 cm³/mol. The zero-order valence-electron chi connectivity index (χ0n) is 16.2. The van der Waals surface area contributed by atoms with Crippen molar-refractivity contribution in [3.8, 4) is 0 Å². The lowest BCUT2D eigenvalue weighted by Gasteiger charge is -2.28.